The number of carbonyl (C=O) groups excluding carboxylic acids is 1. The molecule has 1 amide bonds. The SMILES string of the molecule is COc1cc(C(O)C(O)CNC(C)=O)cc(OC)c1OC. The van der Waals surface area contributed by atoms with Gasteiger partial charge in [-0.2, -0.15) is 0 Å². The second-order valence-electron chi connectivity index (χ2n) is 4.41. The van der Waals surface area contributed by atoms with E-state index in [0.29, 0.717) is 22.8 Å². The number of aliphatic hydroxyl groups excluding tert-OH is 2. The largest absolute Gasteiger partial charge is 0.493 e. The van der Waals surface area contributed by atoms with E-state index >= 15 is 0 Å². The molecule has 3 N–H and O–H groups in total. The second kappa shape index (κ2) is 7.70. The van der Waals surface area contributed by atoms with Gasteiger partial charge in [-0.15, -0.1) is 0 Å². The number of nitrogens with one attached hydrogen (secondary N) is 1. The highest BCUT2D eigenvalue weighted by Crippen LogP contribution is 2.40. The average Bonchev–Trinajstić information content (AvgIpc) is 2.49. The number of rotatable bonds is 7. The van der Waals surface area contributed by atoms with Gasteiger partial charge in [0.15, 0.2) is 11.5 Å². The quantitative estimate of drug-likeness (QED) is 0.667. The van der Waals surface area contributed by atoms with Crippen molar-refractivity contribution >= 4 is 5.91 Å². The molecule has 2 atom stereocenters. The van der Waals surface area contributed by atoms with Crippen LogP contribution in [-0.4, -0.2) is 50.1 Å². The van der Waals surface area contributed by atoms with Crippen molar-refractivity contribution in [2.24, 2.45) is 0 Å². The first-order valence-corrected chi connectivity index (χ1v) is 6.35. The van der Waals surface area contributed by atoms with Gasteiger partial charge in [0.05, 0.1) is 21.3 Å². The first kappa shape index (κ1) is 17.1. The molecule has 0 spiro atoms. The number of benzene rings is 1. The van der Waals surface area contributed by atoms with Crippen molar-refractivity contribution in [3.63, 3.8) is 0 Å². The summed E-state index contributed by atoms with van der Waals surface area (Å²) in [6.07, 6.45) is -2.36. The lowest BCUT2D eigenvalue weighted by Gasteiger charge is -2.21. The fourth-order valence-electron chi connectivity index (χ4n) is 1.85. The van der Waals surface area contributed by atoms with E-state index in [0.717, 1.165) is 0 Å². The normalized spacial score (nSPS) is 13.2. The van der Waals surface area contributed by atoms with Crippen LogP contribution in [0.3, 0.4) is 0 Å². The van der Waals surface area contributed by atoms with E-state index in [4.69, 9.17) is 14.2 Å². The van der Waals surface area contributed by atoms with Crippen LogP contribution in [0.25, 0.3) is 0 Å². The highest BCUT2D eigenvalue weighted by molar-refractivity contribution is 5.72. The highest BCUT2D eigenvalue weighted by atomic mass is 16.5. The summed E-state index contributed by atoms with van der Waals surface area (Å²) in [4.78, 5) is 10.8. The van der Waals surface area contributed by atoms with Crippen LogP contribution in [0.4, 0.5) is 0 Å². The van der Waals surface area contributed by atoms with Gasteiger partial charge >= 0.3 is 0 Å². The number of methoxy groups -OCH3 is 3. The van der Waals surface area contributed by atoms with E-state index in [9.17, 15) is 15.0 Å². The zero-order valence-corrected chi connectivity index (χ0v) is 12.5. The second-order valence-corrected chi connectivity index (χ2v) is 4.41. The number of aliphatic hydroxyl groups is 2. The van der Waals surface area contributed by atoms with Gasteiger partial charge in [0.2, 0.25) is 11.7 Å². The lowest BCUT2D eigenvalue weighted by Crippen LogP contribution is -2.34. The number of ether oxygens (including phenoxy) is 3. The van der Waals surface area contributed by atoms with Crippen molar-refractivity contribution in [1.29, 1.82) is 0 Å². The van der Waals surface area contributed by atoms with Crippen LogP contribution in [0.2, 0.25) is 0 Å². The predicted molar refractivity (Wildman–Crippen MR) is 75.7 cm³/mol. The third-order valence-corrected chi connectivity index (χ3v) is 2.95. The molecule has 0 saturated carbocycles. The van der Waals surface area contributed by atoms with E-state index in [1.54, 1.807) is 12.1 Å². The summed E-state index contributed by atoms with van der Waals surface area (Å²) in [5.41, 5.74) is 0.391. The van der Waals surface area contributed by atoms with Crippen molar-refractivity contribution in [2.45, 2.75) is 19.1 Å². The zero-order valence-electron chi connectivity index (χ0n) is 12.5. The first-order chi connectivity index (χ1) is 9.94. The third kappa shape index (κ3) is 4.24. The molecule has 118 valence electrons. The molecule has 0 radical (unpaired) electrons. The molecule has 1 aromatic carbocycles. The maximum atomic E-state index is 10.8. The van der Waals surface area contributed by atoms with Gasteiger partial charge < -0.3 is 29.7 Å². The van der Waals surface area contributed by atoms with Crippen molar-refractivity contribution < 1.29 is 29.2 Å². The Morgan fingerprint density at radius 3 is 2.05 bits per heavy atom. The topological polar surface area (TPSA) is 97.2 Å². The van der Waals surface area contributed by atoms with E-state index < -0.39 is 12.2 Å². The van der Waals surface area contributed by atoms with E-state index in [1.807, 2.05) is 0 Å². The Balaban J connectivity index is 3.03. The summed E-state index contributed by atoms with van der Waals surface area (Å²) in [5, 5.41) is 22.5. The maximum absolute atomic E-state index is 10.8. The molecule has 0 bridgehead atoms. The summed E-state index contributed by atoms with van der Waals surface area (Å²) >= 11 is 0. The number of hydrogen-bond acceptors (Lipinski definition) is 6. The fourth-order valence-corrected chi connectivity index (χ4v) is 1.85. The number of carbonyl (C=O) groups is 1. The van der Waals surface area contributed by atoms with Crippen LogP contribution in [0.15, 0.2) is 12.1 Å². The fraction of sp³-hybridized carbons (Fsp3) is 0.500. The predicted octanol–water partition coefficient (Wildman–Crippen LogP) is 0.243. The number of hydrogen-bond donors (Lipinski definition) is 3. The Hall–Kier alpha value is -1.99. The van der Waals surface area contributed by atoms with Gasteiger partial charge in [-0.3, -0.25) is 4.79 Å². The van der Waals surface area contributed by atoms with Gasteiger partial charge in [-0.05, 0) is 17.7 Å². The Bertz CT molecular complexity index is 465. The molecule has 0 fully saturated rings. The highest BCUT2D eigenvalue weighted by Gasteiger charge is 2.22. The van der Waals surface area contributed by atoms with Crippen LogP contribution in [0.5, 0.6) is 17.2 Å². The Kier molecular flexibility index (Phi) is 6.26. The van der Waals surface area contributed by atoms with Gasteiger partial charge in [-0.25, -0.2) is 0 Å². The summed E-state index contributed by atoms with van der Waals surface area (Å²) in [6.45, 7) is 1.27. The molecule has 1 rings (SSSR count). The summed E-state index contributed by atoms with van der Waals surface area (Å²) < 4.78 is 15.5. The molecule has 0 aliphatic rings. The number of amides is 1. The van der Waals surface area contributed by atoms with E-state index in [1.165, 1.54) is 28.3 Å². The molecule has 0 aromatic heterocycles. The maximum Gasteiger partial charge on any atom is 0.216 e. The van der Waals surface area contributed by atoms with Gasteiger partial charge in [0.1, 0.15) is 12.2 Å². The monoisotopic (exact) mass is 299 g/mol. The van der Waals surface area contributed by atoms with Crippen LogP contribution < -0.4 is 19.5 Å². The van der Waals surface area contributed by atoms with Crippen molar-refractivity contribution in [3.05, 3.63) is 17.7 Å². The molecule has 21 heavy (non-hydrogen) atoms. The Morgan fingerprint density at radius 2 is 1.67 bits per heavy atom. The van der Waals surface area contributed by atoms with Crippen LogP contribution in [0, 0.1) is 0 Å². The molecule has 2 unspecified atom stereocenters. The molecule has 7 heteroatoms. The minimum absolute atomic E-state index is 0.0623. The van der Waals surface area contributed by atoms with Crippen LogP contribution >= 0.6 is 0 Å². The van der Waals surface area contributed by atoms with Crippen LogP contribution in [-0.2, 0) is 4.79 Å². The Morgan fingerprint density at radius 1 is 1.14 bits per heavy atom. The smallest absolute Gasteiger partial charge is 0.216 e. The lowest BCUT2D eigenvalue weighted by molar-refractivity contribution is -0.119. The standard InChI is InChI=1S/C14H21NO6/c1-8(16)15-7-10(17)13(18)9-5-11(19-2)14(21-4)12(6-9)20-3/h5-6,10,13,17-18H,7H2,1-4H3,(H,15,16). The lowest BCUT2D eigenvalue weighted by atomic mass is 10.0. The van der Waals surface area contributed by atoms with Gasteiger partial charge in [0, 0.05) is 13.5 Å². The molecule has 0 aliphatic carbocycles. The van der Waals surface area contributed by atoms with Gasteiger partial charge in [-0.1, -0.05) is 0 Å². The van der Waals surface area contributed by atoms with Crippen LogP contribution in [0.1, 0.15) is 18.6 Å². The molecular formula is C14H21NO6. The van der Waals surface area contributed by atoms with Gasteiger partial charge in [0.25, 0.3) is 0 Å². The minimum Gasteiger partial charge on any atom is -0.493 e. The summed E-state index contributed by atoms with van der Waals surface area (Å²) in [6, 6.07) is 3.09. The van der Waals surface area contributed by atoms with Crippen molar-refractivity contribution in [1.82, 2.24) is 5.32 Å². The first-order valence-electron chi connectivity index (χ1n) is 6.35. The molecule has 0 aliphatic heterocycles. The molecule has 0 saturated heterocycles. The molecular weight excluding hydrogens is 278 g/mol. The van der Waals surface area contributed by atoms with E-state index in [-0.39, 0.29) is 12.5 Å². The molecule has 7 nitrogen and oxygen atoms in total. The third-order valence-electron chi connectivity index (χ3n) is 2.95. The summed E-state index contributed by atoms with van der Waals surface area (Å²) in [5.74, 6) is 0.855. The van der Waals surface area contributed by atoms with Crippen molar-refractivity contribution in [3.8, 4) is 17.2 Å². The molecule has 1 aromatic rings. The zero-order chi connectivity index (χ0) is 16.0. The summed E-state index contributed by atoms with van der Waals surface area (Å²) in [7, 11) is 4.39. The molecule has 0 heterocycles. The van der Waals surface area contributed by atoms with Crippen molar-refractivity contribution in [2.75, 3.05) is 27.9 Å². The average molecular weight is 299 g/mol. The Labute approximate surface area is 123 Å². The van der Waals surface area contributed by atoms with E-state index in [2.05, 4.69) is 5.32 Å². The minimum atomic E-state index is -1.20.